The van der Waals surface area contributed by atoms with Gasteiger partial charge in [0, 0.05) is 12.7 Å². The number of pyridine rings is 1. The molecule has 6 nitrogen and oxygen atoms in total. The Morgan fingerprint density at radius 1 is 1.32 bits per heavy atom. The Kier molecular flexibility index (Phi) is 5.83. The highest BCUT2D eigenvalue weighted by Crippen LogP contribution is 2.27. The smallest absolute Gasteiger partial charge is 0.231 e. The van der Waals surface area contributed by atoms with E-state index in [2.05, 4.69) is 20.5 Å². The topological polar surface area (TPSA) is 72.7 Å². The lowest BCUT2D eigenvalue weighted by atomic mass is 10.2. The number of nitrogens with zero attached hydrogens (tertiary/aromatic N) is 4. The van der Waals surface area contributed by atoms with Gasteiger partial charge in [-0.3, -0.25) is 9.78 Å². The molecule has 0 aliphatic rings. The Balaban J connectivity index is 1.61. The second-order valence-electron chi connectivity index (χ2n) is 5.36. The molecular formula is C17H19N5OS2. The van der Waals surface area contributed by atoms with E-state index in [9.17, 15) is 4.79 Å². The van der Waals surface area contributed by atoms with Crippen LogP contribution in [0, 0.1) is 0 Å². The molecule has 3 heterocycles. The lowest BCUT2D eigenvalue weighted by Crippen LogP contribution is -2.28. The molecule has 130 valence electrons. The fraction of sp³-hybridized carbons (Fsp3) is 0.294. The van der Waals surface area contributed by atoms with Crippen LogP contribution >= 0.6 is 23.1 Å². The third-order valence-corrected chi connectivity index (χ3v) is 5.45. The zero-order chi connectivity index (χ0) is 17.6. The fourth-order valence-corrected chi connectivity index (χ4v) is 3.92. The number of hydrogen-bond acceptors (Lipinski definition) is 6. The van der Waals surface area contributed by atoms with Crippen molar-refractivity contribution in [3.05, 3.63) is 47.6 Å². The Labute approximate surface area is 154 Å². The average molecular weight is 374 g/mol. The minimum Gasteiger partial charge on any atom is -0.347 e. The average Bonchev–Trinajstić information content (AvgIpc) is 3.29. The molecule has 3 aromatic heterocycles. The van der Waals surface area contributed by atoms with Crippen LogP contribution in [0.5, 0.6) is 0 Å². The number of rotatable bonds is 7. The minimum absolute atomic E-state index is 0.0496. The van der Waals surface area contributed by atoms with E-state index in [0.29, 0.717) is 5.75 Å². The maximum atomic E-state index is 12.2. The zero-order valence-corrected chi connectivity index (χ0v) is 15.7. The first kappa shape index (κ1) is 17.6. The van der Waals surface area contributed by atoms with Crippen LogP contribution in [0.2, 0.25) is 0 Å². The van der Waals surface area contributed by atoms with E-state index in [-0.39, 0.29) is 11.9 Å². The number of thioether (sulfide) groups is 1. The summed E-state index contributed by atoms with van der Waals surface area (Å²) in [6.45, 7) is 4.73. The van der Waals surface area contributed by atoms with Crippen molar-refractivity contribution in [2.45, 2.75) is 31.6 Å². The maximum Gasteiger partial charge on any atom is 0.231 e. The lowest BCUT2D eigenvalue weighted by molar-refractivity contribution is -0.119. The number of thiophene rings is 1. The van der Waals surface area contributed by atoms with Gasteiger partial charge in [0.15, 0.2) is 11.0 Å². The van der Waals surface area contributed by atoms with Crippen molar-refractivity contribution in [1.82, 2.24) is 25.1 Å². The maximum absolute atomic E-state index is 12.2. The van der Waals surface area contributed by atoms with Crippen LogP contribution in [-0.2, 0) is 11.3 Å². The first-order valence-corrected chi connectivity index (χ1v) is 9.85. The van der Waals surface area contributed by atoms with Crippen LogP contribution in [-0.4, -0.2) is 31.4 Å². The molecule has 1 N–H and O–H groups in total. The molecule has 3 rings (SSSR count). The fourth-order valence-electron chi connectivity index (χ4n) is 2.39. The van der Waals surface area contributed by atoms with Gasteiger partial charge in [0.2, 0.25) is 5.91 Å². The Morgan fingerprint density at radius 3 is 2.88 bits per heavy atom. The minimum atomic E-state index is -0.125. The molecule has 0 aliphatic carbocycles. The van der Waals surface area contributed by atoms with Crippen molar-refractivity contribution in [3.63, 3.8) is 0 Å². The molecule has 3 aromatic rings. The van der Waals surface area contributed by atoms with Gasteiger partial charge in [-0.2, -0.15) is 0 Å². The van der Waals surface area contributed by atoms with Gasteiger partial charge in [-0.1, -0.05) is 23.9 Å². The predicted octanol–water partition coefficient (Wildman–Crippen LogP) is 3.39. The predicted molar refractivity (Wildman–Crippen MR) is 101 cm³/mol. The highest BCUT2D eigenvalue weighted by molar-refractivity contribution is 7.99. The lowest BCUT2D eigenvalue weighted by Gasteiger charge is -2.13. The third-order valence-electron chi connectivity index (χ3n) is 3.62. The van der Waals surface area contributed by atoms with E-state index in [1.54, 1.807) is 17.5 Å². The summed E-state index contributed by atoms with van der Waals surface area (Å²) in [7, 11) is 0. The summed E-state index contributed by atoms with van der Waals surface area (Å²) in [6.07, 6.45) is 1.72. The number of amides is 1. The van der Waals surface area contributed by atoms with Crippen molar-refractivity contribution in [1.29, 1.82) is 0 Å². The molecule has 0 radical (unpaired) electrons. The molecule has 0 aromatic carbocycles. The first-order chi connectivity index (χ1) is 12.2. The second-order valence-corrected chi connectivity index (χ2v) is 7.25. The molecule has 0 bridgehead atoms. The molecule has 0 saturated heterocycles. The summed E-state index contributed by atoms with van der Waals surface area (Å²) in [5.41, 5.74) is 0.845. The summed E-state index contributed by atoms with van der Waals surface area (Å²) in [4.78, 5) is 17.6. The monoisotopic (exact) mass is 373 g/mol. The molecular weight excluding hydrogens is 354 g/mol. The number of hydrogen-bond donors (Lipinski definition) is 1. The highest BCUT2D eigenvalue weighted by Gasteiger charge is 2.16. The normalized spacial score (nSPS) is 12.1. The van der Waals surface area contributed by atoms with Gasteiger partial charge in [-0.05, 0) is 37.4 Å². The molecule has 1 atom stereocenters. The Bertz CT molecular complexity index is 817. The van der Waals surface area contributed by atoms with Crippen LogP contribution in [0.1, 0.15) is 25.6 Å². The van der Waals surface area contributed by atoms with E-state index in [1.165, 1.54) is 11.8 Å². The molecule has 0 fully saturated rings. The van der Waals surface area contributed by atoms with Crippen LogP contribution in [0.4, 0.5) is 0 Å². The summed E-state index contributed by atoms with van der Waals surface area (Å²) in [5, 5.41) is 14.3. The van der Waals surface area contributed by atoms with Gasteiger partial charge < -0.3 is 9.88 Å². The quantitative estimate of drug-likeness (QED) is 0.643. The summed E-state index contributed by atoms with van der Waals surface area (Å²) >= 11 is 3.03. The molecule has 0 spiro atoms. The van der Waals surface area contributed by atoms with Gasteiger partial charge in [0.05, 0.1) is 22.4 Å². The molecule has 25 heavy (non-hydrogen) atoms. The van der Waals surface area contributed by atoms with Gasteiger partial charge >= 0.3 is 0 Å². The number of nitrogens with one attached hydrogen (secondary N) is 1. The highest BCUT2D eigenvalue weighted by atomic mass is 32.2. The van der Waals surface area contributed by atoms with E-state index in [4.69, 9.17) is 0 Å². The molecule has 0 aliphatic heterocycles. The van der Waals surface area contributed by atoms with Gasteiger partial charge in [-0.15, -0.1) is 21.5 Å². The summed E-state index contributed by atoms with van der Waals surface area (Å²) < 4.78 is 2.03. The van der Waals surface area contributed by atoms with Crippen molar-refractivity contribution >= 4 is 29.0 Å². The molecule has 1 unspecified atom stereocenters. The number of carbonyl (C=O) groups is 1. The zero-order valence-electron chi connectivity index (χ0n) is 14.0. The van der Waals surface area contributed by atoms with Crippen LogP contribution in [0.3, 0.4) is 0 Å². The van der Waals surface area contributed by atoms with Crippen LogP contribution in [0.25, 0.3) is 10.7 Å². The standard InChI is InChI=1S/C17H19N5OS2/c1-3-22-16(14-8-6-10-24-14)20-21-17(22)25-11-15(23)19-12(2)13-7-4-5-9-18-13/h4-10,12H,3,11H2,1-2H3,(H,19,23). The van der Waals surface area contributed by atoms with E-state index in [0.717, 1.165) is 28.1 Å². The van der Waals surface area contributed by atoms with Gasteiger partial charge in [-0.25, -0.2) is 0 Å². The van der Waals surface area contributed by atoms with E-state index < -0.39 is 0 Å². The van der Waals surface area contributed by atoms with Gasteiger partial charge in [0.25, 0.3) is 0 Å². The van der Waals surface area contributed by atoms with Crippen molar-refractivity contribution in [2.75, 3.05) is 5.75 Å². The molecule has 8 heteroatoms. The van der Waals surface area contributed by atoms with E-state index >= 15 is 0 Å². The van der Waals surface area contributed by atoms with Crippen molar-refractivity contribution in [2.24, 2.45) is 0 Å². The molecule has 1 amide bonds. The largest absolute Gasteiger partial charge is 0.347 e. The molecule has 0 saturated carbocycles. The second kappa shape index (κ2) is 8.26. The summed E-state index contributed by atoms with van der Waals surface area (Å²) in [5.74, 6) is 1.09. The Morgan fingerprint density at radius 2 is 2.20 bits per heavy atom. The number of aromatic nitrogens is 4. The van der Waals surface area contributed by atoms with Gasteiger partial charge in [0.1, 0.15) is 0 Å². The number of carbonyl (C=O) groups excluding carboxylic acids is 1. The first-order valence-electron chi connectivity index (χ1n) is 7.99. The van der Waals surface area contributed by atoms with E-state index in [1.807, 2.05) is 54.1 Å². The van der Waals surface area contributed by atoms with Crippen molar-refractivity contribution in [3.8, 4) is 10.7 Å². The summed E-state index contributed by atoms with van der Waals surface area (Å²) in [6, 6.07) is 9.57. The SMILES string of the molecule is CCn1c(SCC(=O)NC(C)c2ccccn2)nnc1-c1cccs1. The van der Waals surface area contributed by atoms with Crippen LogP contribution in [0.15, 0.2) is 47.1 Å². The van der Waals surface area contributed by atoms with Crippen LogP contribution < -0.4 is 5.32 Å². The van der Waals surface area contributed by atoms with Crippen molar-refractivity contribution < 1.29 is 4.79 Å². The Hall–Kier alpha value is -2.19. The third kappa shape index (κ3) is 4.26.